The summed E-state index contributed by atoms with van der Waals surface area (Å²) in [6, 6.07) is 7.53. The first-order chi connectivity index (χ1) is 8.99. The zero-order valence-corrected chi connectivity index (χ0v) is 11.8. The number of esters is 1. The maximum Gasteiger partial charge on any atom is 0.349 e. The first-order valence-electron chi connectivity index (χ1n) is 6.55. The Bertz CT molecular complexity index is 395. The highest BCUT2D eigenvalue weighted by atomic mass is 16.6. The minimum Gasteiger partial charge on any atom is -0.476 e. The molecule has 0 aliphatic rings. The normalized spacial score (nSPS) is 11.2. The van der Waals surface area contributed by atoms with E-state index in [2.05, 4.69) is 0 Å². The second kappa shape index (κ2) is 7.14. The van der Waals surface area contributed by atoms with Crippen molar-refractivity contribution in [1.29, 1.82) is 0 Å². The van der Waals surface area contributed by atoms with E-state index in [1.165, 1.54) is 0 Å². The standard InChI is InChI=1S/C15H22O4/c1-4-18-14(17)15(2,3)19-13-9-7-12(8-10-13)6-5-11-16/h7-10,16H,4-6,11H2,1-3H3. The average Bonchev–Trinajstić information content (AvgIpc) is 2.38. The van der Waals surface area contributed by atoms with E-state index < -0.39 is 5.60 Å². The lowest BCUT2D eigenvalue weighted by molar-refractivity contribution is -0.158. The number of rotatable bonds is 7. The quantitative estimate of drug-likeness (QED) is 0.770. The molecule has 1 aromatic carbocycles. The Morgan fingerprint density at radius 1 is 1.26 bits per heavy atom. The van der Waals surface area contributed by atoms with Crippen molar-refractivity contribution in [3.63, 3.8) is 0 Å². The fourth-order valence-electron chi connectivity index (χ4n) is 1.65. The fraction of sp³-hybridized carbons (Fsp3) is 0.533. The van der Waals surface area contributed by atoms with Crippen LogP contribution in [0.2, 0.25) is 0 Å². The zero-order chi connectivity index (χ0) is 14.3. The van der Waals surface area contributed by atoms with E-state index in [1.54, 1.807) is 20.8 Å². The molecule has 0 aliphatic heterocycles. The molecule has 0 aliphatic carbocycles. The number of hydrogen-bond acceptors (Lipinski definition) is 4. The second-order valence-corrected chi connectivity index (χ2v) is 4.80. The van der Waals surface area contributed by atoms with Crippen molar-refractivity contribution in [1.82, 2.24) is 0 Å². The van der Waals surface area contributed by atoms with Gasteiger partial charge in [-0.3, -0.25) is 0 Å². The van der Waals surface area contributed by atoms with Gasteiger partial charge in [0, 0.05) is 6.61 Å². The average molecular weight is 266 g/mol. The van der Waals surface area contributed by atoms with Crippen LogP contribution in [0.15, 0.2) is 24.3 Å². The van der Waals surface area contributed by atoms with Gasteiger partial charge in [0.15, 0.2) is 5.60 Å². The molecule has 0 unspecified atom stereocenters. The summed E-state index contributed by atoms with van der Waals surface area (Å²) in [5, 5.41) is 8.77. The largest absolute Gasteiger partial charge is 0.476 e. The predicted molar refractivity (Wildman–Crippen MR) is 73.2 cm³/mol. The van der Waals surface area contributed by atoms with E-state index in [1.807, 2.05) is 24.3 Å². The summed E-state index contributed by atoms with van der Waals surface area (Å²) in [6.45, 7) is 5.67. The first kappa shape index (κ1) is 15.5. The molecule has 0 amide bonds. The van der Waals surface area contributed by atoms with Crippen molar-refractivity contribution < 1.29 is 19.4 Å². The molecule has 0 bridgehead atoms. The Morgan fingerprint density at radius 3 is 2.42 bits per heavy atom. The van der Waals surface area contributed by atoms with Gasteiger partial charge in [-0.05, 0) is 51.3 Å². The topological polar surface area (TPSA) is 55.8 Å². The van der Waals surface area contributed by atoms with Gasteiger partial charge < -0.3 is 14.6 Å². The predicted octanol–water partition coefficient (Wildman–Crippen LogP) is 2.33. The van der Waals surface area contributed by atoms with E-state index in [4.69, 9.17) is 14.6 Å². The van der Waals surface area contributed by atoms with Crippen LogP contribution in [0.1, 0.15) is 32.8 Å². The van der Waals surface area contributed by atoms with Crippen LogP contribution in [0.3, 0.4) is 0 Å². The molecule has 0 fully saturated rings. The Hall–Kier alpha value is -1.55. The molecule has 1 aromatic rings. The molecule has 1 N–H and O–H groups in total. The summed E-state index contributed by atoms with van der Waals surface area (Å²) in [4.78, 5) is 11.7. The van der Waals surface area contributed by atoms with Crippen molar-refractivity contribution >= 4 is 5.97 Å². The van der Waals surface area contributed by atoms with Crippen LogP contribution in [0, 0.1) is 0 Å². The molecule has 19 heavy (non-hydrogen) atoms. The number of aliphatic hydroxyl groups is 1. The van der Waals surface area contributed by atoms with Crippen molar-refractivity contribution in [2.75, 3.05) is 13.2 Å². The van der Waals surface area contributed by atoms with Gasteiger partial charge in [0.2, 0.25) is 0 Å². The van der Waals surface area contributed by atoms with E-state index in [-0.39, 0.29) is 12.6 Å². The molecular formula is C15H22O4. The highest BCUT2D eigenvalue weighted by Gasteiger charge is 2.31. The molecular weight excluding hydrogens is 244 g/mol. The van der Waals surface area contributed by atoms with Crippen molar-refractivity contribution in [2.45, 2.75) is 39.2 Å². The highest BCUT2D eigenvalue weighted by Crippen LogP contribution is 2.20. The fourth-order valence-corrected chi connectivity index (χ4v) is 1.65. The summed E-state index contributed by atoms with van der Waals surface area (Å²) in [5.41, 5.74) is 0.137. The molecule has 0 heterocycles. The Balaban J connectivity index is 2.64. The summed E-state index contributed by atoms with van der Waals surface area (Å²) >= 11 is 0. The lowest BCUT2D eigenvalue weighted by Gasteiger charge is -2.24. The zero-order valence-electron chi connectivity index (χ0n) is 11.8. The van der Waals surface area contributed by atoms with E-state index in [9.17, 15) is 4.79 Å². The SMILES string of the molecule is CCOC(=O)C(C)(C)Oc1ccc(CCCO)cc1. The number of aliphatic hydroxyl groups excluding tert-OH is 1. The molecule has 106 valence electrons. The number of ether oxygens (including phenoxy) is 2. The molecule has 0 saturated carbocycles. The van der Waals surface area contributed by atoms with Crippen LogP contribution >= 0.6 is 0 Å². The summed E-state index contributed by atoms with van der Waals surface area (Å²) in [7, 11) is 0. The molecule has 0 radical (unpaired) electrons. The molecule has 1 rings (SSSR count). The minimum atomic E-state index is -0.997. The summed E-state index contributed by atoms with van der Waals surface area (Å²) < 4.78 is 10.6. The monoisotopic (exact) mass is 266 g/mol. The molecule has 0 atom stereocenters. The lowest BCUT2D eigenvalue weighted by Crippen LogP contribution is -2.39. The first-order valence-corrected chi connectivity index (χ1v) is 6.55. The summed E-state index contributed by atoms with van der Waals surface area (Å²) in [5.74, 6) is 0.255. The van der Waals surface area contributed by atoms with Gasteiger partial charge in [-0.1, -0.05) is 12.1 Å². The number of hydrogen-bond donors (Lipinski definition) is 1. The van der Waals surface area contributed by atoms with Crippen molar-refractivity contribution in [3.8, 4) is 5.75 Å². The van der Waals surface area contributed by atoms with Gasteiger partial charge >= 0.3 is 5.97 Å². The van der Waals surface area contributed by atoms with Crippen LogP contribution in [-0.4, -0.2) is 29.9 Å². The Morgan fingerprint density at radius 2 is 1.89 bits per heavy atom. The number of carbonyl (C=O) groups excluding carboxylic acids is 1. The van der Waals surface area contributed by atoms with Gasteiger partial charge in [-0.25, -0.2) is 4.79 Å². The summed E-state index contributed by atoms with van der Waals surface area (Å²) in [6.07, 6.45) is 1.58. The van der Waals surface area contributed by atoms with Gasteiger partial charge in [0.1, 0.15) is 5.75 Å². The number of aryl methyl sites for hydroxylation is 1. The van der Waals surface area contributed by atoms with Gasteiger partial charge in [0.05, 0.1) is 6.61 Å². The molecule has 0 aromatic heterocycles. The third-order valence-electron chi connectivity index (χ3n) is 2.69. The van der Waals surface area contributed by atoms with Crippen LogP contribution in [-0.2, 0) is 16.0 Å². The molecule has 4 heteroatoms. The van der Waals surface area contributed by atoms with Crippen molar-refractivity contribution in [3.05, 3.63) is 29.8 Å². The van der Waals surface area contributed by atoms with Gasteiger partial charge in [0.25, 0.3) is 0 Å². The third kappa shape index (κ3) is 4.91. The molecule has 0 spiro atoms. The Kier molecular flexibility index (Phi) is 5.83. The maximum atomic E-state index is 11.7. The smallest absolute Gasteiger partial charge is 0.349 e. The van der Waals surface area contributed by atoms with Gasteiger partial charge in [-0.15, -0.1) is 0 Å². The van der Waals surface area contributed by atoms with E-state index in [0.29, 0.717) is 12.4 Å². The second-order valence-electron chi connectivity index (χ2n) is 4.80. The Labute approximate surface area is 114 Å². The van der Waals surface area contributed by atoms with Crippen LogP contribution in [0.4, 0.5) is 0 Å². The number of benzene rings is 1. The van der Waals surface area contributed by atoms with Gasteiger partial charge in [-0.2, -0.15) is 0 Å². The number of carbonyl (C=O) groups is 1. The van der Waals surface area contributed by atoms with Crippen molar-refractivity contribution in [2.24, 2.45) is 0 Å². The third-order valence-corrected chi connectivity index (χ3v) is 2.69. The maximum absolute atomic E-state index is 11.7. The van der Waals surface area contributed by atoms with Crippen LogP contribution < -0.4 is 4.74 Å². The van der Waals surface area contributed by atoms with E-state index >= 15 is 0 Å². The lowest BCUT2D eigenvalue weighted by atomic mass is 10.1. The molecule has 0 saturated heterocycles. The van der Waals surface area contributed by atoms with Crippen LogP contribution in [0.5, 0.6) is 5.75 Å². The van der Waals surface area contributed by atoms with E-state index in [0.717, 1.165) is 18.4 Å². The minimum absolute atomic E-state index is 0.189. The highest BCUT2D eigenvalue weighted by molar-refractivity contribution is 5.79. The van der Waals surface area contributed by atoms with Crippen LogP contribution in [0.25, 0.3) is 0 Å². The molecule has 4 nitrogen and oxygen atoms in total.